The average Bonchev–Trinajstić information content (AvgIpc) is 2.65. The minimum atomic E-state index is -0.262. The number of hydrogen-bond acceptors (Lipinski definition) is 3. The van der Waals surface area contributed by atoms with Gasteiger partial charge in [-0.1, -0.05) is 19.8 Å². The van der Waals surface area contributed by atoms with Crippen molar-refractivity contribution in [2.45, 2.75) is 51.5 Å². The van der Waals surface area contributed by atoms with E-state index in [1.54, 1.807) is 7.05 Å². The van der Waals surface area contributed by atoms with Gasteiger partial charge in [-0.25, -0.2) is 4.79 Å². The van der Waals surface area contributed by atoms with Crippen molar-refractivity contribution in [1.82, 2.24) is 15.1 Å². The first-order valence-electron chi connectivity index (χ1n) is 7.82. The topological polar surface area (TPSA) is 69.7 Å². The molecule has 0 aromatic rings. The van der Waals surface area contributed by atoms with E-state index in [9.17, 15) is 14.4 Å². The highest BCUT2D eigenvalue weighted by Crippen LogP contribution is 2.23. The summed E-state index contributed by atoms with van der Waals surface area (Å²) in [7, 11) is 1.61. The predicted molar refractivity (Wildman–Crippen MR) is 78.5 cm³/mol. The van der Waals surface area contributed by atoms with Gasteiger partial charge in [0.2, 0.25) is 11.8 Å². The van der Waals surface area contributed by atoms with Crippen LogP contribution >= 0.6 is 0 Å². The summed E-state index contributed by atoms with van der Waals surface area (Å²) < 4.78 is 0. The SMILES string of the molecule is CC1CCCC(NC(=O)CCCN2C(=O)CN(C)C2=O)C1. The van der Waals surface area contributed by atoms with Crippen molar-refractivity contribution in [3.63, 3.8) is 0 Å². The Balaban J connectivity index is 1.67. The Morgan fingerprint density at radius 3 is 2.71 bits per heavy atom. The van der Waals surface area contributed by atoms with Gasteiger partial charge in [0.15, 0.2) is 0 Å². The summed E-state index contributed by atoms with van der Waals surface area (Å²) in [4.78, 5) is 37.8. The number of imide groups is 1. The third-order valence-corrected chi connectivity index (χ3v) is 4.32. The van der Waals surface area contributed by atoms with Crippen LogP contribution in [0.1, 0.15) is 45.4 Å². The number of rotatable bonds is 5. The standard InChI is InChI=1S/C15H25N3O3/c1-11-5-3-6-12(9-11)16-13(19)7-4-8-18-14(20)10-17(2)15(18)21/h11-12H,3-10H2,1-2H3,(H,16,19). The number of urea groups is 1. The zero-order chi connectivity index (χ0) is 15.4. The second-order valence-electron chi connectivity index (χ2n) is 6.32. The molecule has 2 fully saturated rings. The van der Waals surface area contributed by atoms with Gasteiger partial charge in [0.1, 0.15) is 6.54 Å². The molecule has 0 bridgehead atoms. The van der Waals surface area contributed by atoms with E-state index in [2.05, 4.69) is 12.2 Å². The van der Waals surface area contributed by atoms with Gasteiger partial charge in [0.05, 0.1) is 0 Å². The maximum absolute atomic E-state index is 11.9. The Bertz CT molecular complexity index is 424. The molecule has 6 heteroatoms. The monoisotopic (exact) mass is 295 g/mol. The van der Waals surface area contributed by atoms with Crippen molar-refractivity contribution in [2.75, 3.05) is 20.1 Å². The van der Waals surface area contributed by atoms with Gasteiger partial charge >= 0.3 is 6.03 Å². The molecular formula is C15H25N3O3. The lowest BCUT2D eigenvalue weighted by atomic mass is 9.87. The molecule has 2 atom stereocenters. The Hall–Kier alpha value is -1.59. The molecule has 1 saturated heterocycles. The molecule has 118 valence electrons. The van der Waals surface area contributed by atoms with Gasteiger partial charge in [-0.05, 0) is 25.2 Å². The molecule has 0 radical (unpaired) electrons. The van der Waals surface area contributed by atoms with Gasteiger partial charge in [-0.2, -0.15) is 0 Å². The molecule has 0 aromatic carbocycles. The van der Waals surface area contributed by atoms with Crippen LogP contribution in [0.3, 0.4) is 0 Å². The maximum atomic E-state index is 11.9. The molecule has 2 unspecified atom stereocenters. The first kappa shape index (κ1) is 15.8. The van der Waals surface area contributed by atoms with Crippen LogP contribution in [0.25, 0.3) is 0 Å². The van der Waals surface area contributed by atoms with Crippen molar-refractivity contribution in [3.05, 3.63) is 0 Å². The third-order valence-electron chi connectivity index (χ3n) is 4.32. The Morgan fingerprint density at radius 1 is 1.33 bits per heavy atom. The molecule has 2 aliphatic rings. The molecule has 21 heavy (non-hydrogen) atoms. The van der Waals surface area contributed by atoms with Crippen LogP contribution in [0, 0.1) is 5.92 Å². The fraction of sp³-hybridized carbons (Fsp3) is 0.800. The summed E-state index contributed by atoms with van der Waals surface area (Å²) in [6.45, 7) is 2.70. The number of carbonyl (C=O) groups excluding carboxylic acids is 3. The molecule has 0 aromatic heterocycles. The normalized spacial score (nSPS) is 26.4. The van der Waals surface area contributed by atoms with E-state index in [0.717, 1.165) is 12.8 Å². The Kier molecular flexibility index (Phi) is 5.20. The number of likely N-dealkylation sites (N-methyl/N-ethyl adjacent to an activating group) is 1. The number of hydrogen-bond donors (Lipinski definition) is 1. The minimum absolute atomic E-state index is 0.0292. The number of carbonyl (C=O) groups is 3. The van der Waals surface area contributed by atoms with Crippen LogP contribution in [0.5, 0.6) is 0 Å². The maximum Gasteiger partial charge on any atom is 0.326 e. The lowest BCUT2D eigenvalue weighted by Crippen LogP contribution is -2.38. The lowest BCUT2D eigenvalue weighted by molar-refractivity contribution is -0.126. The van der Waals surface area contributed by atoms with Crippen LogP contribution < -0.4 is 5.32 Å². The summed E-state index contributed by atoms with van der Waals surface area (Å²) >= 11 is 0. The summed E-state index contributed by atoms with van der Waals surface area (Å²) in [6.07, 6.45) is 5.43. The minimum Gasteiger partial charge on any atom is -0.353 e. The zero-order valence-electron chi connectivity index (χ0n) is 12.9. The van der Waals surface area contributed by atoms with Gasteiger partial charge < -0.3 is 10.2 Å². The van der Waals surface area contributed by atoms with Crippen LogP contribution in [-0.2, 0) is 9.59 Å². The highest BCUT2D eigenvalue weighted by Gasteiger charge is 2.32. The molecular weight excluding hydrogens is 270 g/mol. The number of nitrogens with one attached hydrogen (secondary N) is 1. The van der Waals surface area contributed by atoms with Crippen molar-refractivity contribution < 1.29 is 14.4 Å². The molecule has 1 aliphatic carbocycles. The number of amides is 4. The van der Waals surface area contributed by atoms with E-state index in [4.69, 9.17) is 0 Å². The summed E-state index contributed by atoms with van der Waals surface area (Å²) in [5.41, 5.74) is 0. The van der Waals surface area contributed by atoms with Crippen LogP contribution in [0.15, 0.2) is 0 Å². The molecule has 1 N–H and O–H groups in total. The largest absolute Gasteiger partial charge is 0.353 e. The second-order valence-corrected chi connectivity index (χ2v) is 6.32. The van der Waals surface area contributed by atoms with Crippen molar-refractivity contribution in [2.24, 2.45) is 5.92 Å². The van der Waals surface area contributed by atoms with Gasteiger partial charge in [0, 0.05) is 26.1 Å². The van der Waals surface area contributed by atoms with Crippen LogP contribution in [0.4, 0.5) is 4.79 Å². The lowest BCUT2D eigenvalue weighted by Gasteiger charge is -2.27. The molecule has 4 amide bonds. The fourth-order valence-electron chi connectivity index (χ4n) is 3.15. The van der Waals surface area contributed by atoms with Gasteiger partial charge in [-0.3, -0.25) is 14.5 Å². The third kappa shape index (κ3) is 4.19. The molecule has 1 heterocycles. The molecule has 1 saturated carbocycles. The summed E-state index contributed by atoms with van der Waals surface area (Å²) in [6, 6.07) is 0.0314. The van der Waals surface area contributed by atoms with E-state index in [1.807, 2.05) is 0 Å². The van der Waals surface area contributed by atoms with E-state index in [0.29, 0.717) is 31.3 Å². The van der Waals surface area contributed by atoms with Gasteiger partial charge in [-0.15, -0.1) is 0 Å². The average molecular weight is 295 g/mol. The molecule has 2 rings (SSSR count). The highest BCUT2D eigenvalue weighted by molar-refractivity contribution is 6.01. The first-order valence-corrected chi connectivity index (χ1v) is 7.82. The summed E-state index contributed by atoms with van der Waals surface area (Å²) in [5.74, 6) is 0.532. The predicted octanol–water partition coefficient (Wildman–Crippen LogP) is 1.36. The first-order chi connectivity index (χ1) is 9.97. The molecule has 0 spiro atoms. The van der Waals surface area contributed by atoms with E-state index < -0.39 is 0 Å². The van der Waals surface area contributed by atoms with E-state index in [1.165, 1.54) is 22.6 Å². The smallest absolute Gasteiger partial charge is 0.326 e. The van der Waals surface area contributed by atoms with Crippen LogP contribution in [-0.4, -0.2) is 53.8 Å². The van der Waals surface area contributed by atoms with Crippen molar-refractivity contribution >= 4 is 17.8 Å². The summed E-state index contributed by atoms with van der Waals surface area (Å²) in [5, 5.41) is 3.07. The quantitative estimate of drug-likeness (QED) is 0.779. The van der Waals surface area contributed by atoms with Crippen molar-refractivity contribution in [1.29, 1.82) is 0 Å². The molecule has 1 aliphatic heterocycles. The zero-order valence-corrected chi connectivity index (χ0v) is 12.9. The van der Waals surface area contributed by atoms with E-state index >= 15 is 0 Å². The fourth-order valence-corrected chi connectivity index (χ4v) is 3.15. The van der Waals surface area contributed by atoms with E-state index in [-0.39, 0.29) is 24.4 Å². The highest BCUT2D eigenvalue weighted by atomic mass is 16.2. The molecule has 6 nitrogen and oxygen atoms in total. The van der Waals surface area contributed by atoms with Gasteiger partial charge in [0.25, 0.3) is 0 Å². The second kappa shape index (κ2) is 6.91. The number of nitrogens with zero attached hydrogens (tertiary/aromatic N) is 2. The Morgan fingerprint density at radius 2 is 2.10 bits per heavy atom. The van der Waals surface area contributed by atoms with Crippen LogP contribution in [0.2, 0.25) is 0 Å². The Labute approximate surface area is 125 Å². The van der Waals surface area contributed by atoms with Crippen molar-refractivity contribution in [3.8, 4) is 0 Å².